The second-order valence-electron chi connectivity index (χ2n) is 5.29. The van der Waals surface area contributed by atoms with E-state index in [0.717, 1.165) is 32.1 Å². The van der Waals surface area contributed by atoms with Crippen LogP contribution in [0.5, 0.6) is 0 Å². The number of nitrogens with one attached hydrogen (secondary N) is 1. The third-order valence-electron chi connectivity index (χ3n) is 3.82. The van der Waals surface area contributed by atoms with Crippen molar-refractivity contribution in [3.05, 3.63) is 12.2 Å². The lowest BCUT2D eigenvalue weighted by atomic mass is 9.94. The number of hydrogen-bond donors (Lipinski definition) is 2. The standard InChI is InChI=1S/C15H21NO2/c1-2-3-4-9-15(10-11-15)13(17)7-5-12-6-8-14(18)16-12/h5,7,12-13,17H,2,6,8-11H2,1H3,(H,16,18)/b7-5+/t12-,13+/m0/s1. The van der Waals surface area contributed by atoms with Gasteiger partial charge in [-0.25, -0.2) is 0 Å². The molecular formula is C15H21NO2. The summed E-state index contributed by atoms with van der Waals surface area (Å²) < 4.78 is 0. The largest absolute Gasteiger partial charge is 0.388 e. The molecule has 1 amide bonds. The van der Waals surface area contributed by atoms with Gasteiger partial charge in [0.05, 0.1) is 6.10 Å². The van der Waals surface area contributed by atoms with Crippen LogP contribution in [0, 0.1) is 17.3 Å². The third kappa shape index (κ3) is 3.14. The molecule has 3 nitrogen and oxygen atoms in total. The summed E-state index contributed by atoms with van der Waals surface area (Å²) in [6, 6.07) is 0.102. The van der Waals surface area contributed by atoms with Crippen LogP contribution in [-0.4, -0.2) is 23.2 Å². The number of aliphatic hydroxyl groups excluding tert-OH is 1. The first kappa shape index (κ1) is 13.2. The Morgan fingerprint density at radius 3 is 2.89 bits per heavy atom. The molecule has 2 atom stereocenters. The van der Waals surface area contributed by atoms with Crippen LogP contribution in [0.4, 0.5) is 0 Å². The summed E-state index contributed by atoms with van der Waals surface area (Å²) in [5.74, 6) is 6.31. The van der Waals surface area contributed by atoms with E-state index in [0.29, 0.717) is 6.42 Å². The molecule has 0 aromatic carbocycles. The van der Waals surface area contributed by atoms with Gasteiger partial charge in [0.25, 0.3) is 0 Å². The first-order valence-electron chi connectivity index (χ1n) is 6.78. The molecule has 3 heteroatoms. The minimum absolute atomic E-state index is 0.0126. The van der Waals surface area contributed by atoms with Gasteiger partial charge in [0.2, 0.25) is 5.91 Å². The first-order chi connectivity index (χ1) is 8.66. The molecule has 1 aliphatic heterocycles. The van der Waals surface area contributed by atoms with Gasteiger partial charge >= 0.3 is 0 Å². The van der Waals surface area contributed by atoms with Crippen molar-refractivity contribution in [2.24, 2.45) is 5.41 Å². The van der Waals surface area contributed by atoms with Gasteiger partial charge in [0, 0.05) is 30.7 Å². The Morgan fingerprint density at radius 2 is 2.33 bits per heavy atom. The molecule has 0 unspecified atom stereocenters. The van der Waals surface area contributed by atoms with Crippen LogP contribution in [-0.2, 0) is 4.79 Å². The second-order valence-corrected chi connectivity index (χ2v) is 5.29. The smallest absolute Gasteiger partial charge is 0.220 e. The Kier molecular flexibility index (Phi) is 4.08. The van der Waals surface area contributed by atoms with Crippen molar-refractivity contribution < 1.29 is 9.90 Å². The van der Waals surface area contributed by atoms with Gasteiger partial charge in [0.15, 0.2) is 0 Å². The summed E-state index contributed by atoms with van der Waals surface area (Å²) in [7, 11) is 0. The summed E-state index contributed by atoms with van der Waals surface area (Å²) in [5.41, 5.74) is -0.0126. The predicted octanol–water partition coefficient (Wildman–Crippen LogP) is 1.77. The number of carbonyl (C=O) groups is 1. The molecule has 2 aliphatic rings. The quantitative estimate of drug-likeness (QED) is 0.587. The van der Waals surface area contributed by atoms with Crippen LogP contribution in [0.1, 0.15) is 45.4 Å². The monoisotopic (exact) mass is 247 g/mol. The molecule has 0 spiro atoms. The van der Waals surface area contributed by atoms with E-state index in [1.807, 2.05) is 19.1 Å². The molecule has 2 rings (SSSR count). The van der Waals surface area contributed by atoms with Gasteiger partial charge in [-0.1, -0.05) is 19.1 Å². The summed E-state index contributed by atoms with van der Waals surface area (Å²) in [6.07, 6.45) is 8.53. The highest BCUT2D eigenvalue weighted by Crippen LogP contribution is 2.52. The molecule has 0 bridgehead atoms. The van der Waals surface area contributed by atoms with Crippen LogP contribution in [0.15, 0.2) is 12.2 Å². The van der Waals surface area contributed by atoms with Crippen molar-refractivity contribution in [2.75, 3.05) is 0 Å². The zero-order valence-corrected chi connectivity index (χ0v) is 10.9. The molecule has 1 heterocycles. The van der Waals surface area contributed by atoms with Crippen LogP contribution in [0.2, 0.25) is 0 Å². The van der Waals surface area contributed by atoms with Crippen molar-refractivity contribution in [3.8, 4) is 11.8 Å². The van der Waals surface area contributed by atoms with Gasteiger partial charge < -0.3 is 10.4 Å². The second kappa shape index (κ2) is 5.58. The molecule has 1 saturated carbocycles. The van der Waals surface area contributed by atoms with E-state index in [2.05, 4.69) is 17.2 Å². The van der Waals surface area contributed by atoms with E-state index in [-0.39, 0.29) is 17.4 Å². The number of rotatable bonds is 4. The number of carbonyl (C=O) groups excluding carboxylic acids is 1. The average Bonchev–Trinajstić information content (AvgIpc) is 3.03. The van der Waals surface area contributed by atoms with E-state index < -0.39 is 6.10 Å². The SMILES string of the molecule is CCC#CCC1([C@H](O)/C=C/[C@H]2CCC(=O)N2)CC1. The van der Waals surface area contributed by atoms with Crippen molar-refractivity contribution >= 4 is 5.91 Å². The number of aliphatic hydroxyl groups is 1. The first-order valence-corrected chi connectivity index (χ1v) is 6.78. The number of amides is 1. The van der Waals surface area contributed by atoms with Crippen LogP contribution < -0.4 is 5.32 Å². The maximum absolute atomic E-state index is 11.1. The van der Waals surface area contributed by atoms with E-state index in [1.165, 1.54) is 0 Å². The van der Waals surface area contributed by atoms with E-state index >= 15 is 0 Å². The molecule has 1 aliphatic carbocycles. The molecule has 0 aromatic heterocycles. The normalized spacial score (nSPS) is 26.6. The molecule has 2 N–H and O–H groups in total. The van der Waals surface area contributed by atoms with Crippen molar-refractivity contribution in [1.29, 1.82) is 0 Å². The molecular weight excluding hydrogens is 226 g/mol. The highest BCUT2D eigenvalue weighted by atomic mass is 16.3. The third-order valence-corrected chi connectivity index (χ3v) is 3.82. The van der Waals surface area contributed by atoms with Crippen molar-refractivity contribution in [1.82, 2.24) is 5.32 Å². The van der Waals surface area contributed by atoms with Crippen LogP contribution >= 0.6 is 0 Å². The Morgan fingerprint density at radius 1 is 1.56 bits per heavy atom. The molecule has 18 heavy (non-hydrogen) atoms. The van der Waals surface area contributed by atoms with Gasteiger partial charge in [-0.3, -0.25) is 4.79 Å². The molecule has 0 radical (unpaired) electrons. The zero-order chi connectivity index (χ0) is 13.0. The van der Waals surface area contributed by atoms with Gasteiger partial charge in [-0.2, -0.15) is 0 Å². The highest BCUT2D eigenvalue weighted by Gasteiger charge is 2.47. The van der Waals surface area contributed by atoms with Crippen LogP contribution in [0.3, 0.4) is 0 Å². The van der Waals surface area contributed by atoms with Gasteiger partial charge in [0.1, 0.15) is 0 Å². The lowest BCUT2D eigenvalue weighted by Crippen LogP contribution is -2.25. The van der Waals surface area contributed by atoms with E-state index in [9.17, 15) is 9.90 Å². The minimum atomic E-state index is -0.429. The molecule has 0 aromatic rings. The fourth-order valence-electron chi connectivity index (χ4n) is 2.33. The Balaban J connectivity index is 1.85. The van der Waals surface area contributed by atoms with Crippen molar-refractivity contribution in [3.63, 3.8) is 0 Å². The topological polar surface area (TPSA) is 49.3 Å². The summed E-state index contributed by atoms with van der Waals surface area (Å²) >= 11 is 0. The maximum atomic E-state index is 11.1. The van der Waals surface area contributed by atoms with Crippen LogP contribution in [0.25, 0.3) is 0 Å². The molecule has 98 valence electrons. The fourth-order valence-corrected chi connectivity index (χ4v) is 2.33. The minimum Gasteiger partial charge on any atom is -0.388 e. The lowest BCUT2D eigenvalue weighted by molar-refractivity contribution is -0.119. The Labute approximate surface area is 109 Å². The Hall–Kier alpha value is -1.27. The summed E-state index contributed by atoms with van der Waals surface area (Å²) in [5, 5.41) is 13.1. The molecule has 1 saturated heterocycles. The maximum Gasteiger partial charge on any atom is 0.220 e. The average molecular weight is 247 g/mol. The lowest BCUT2D eigenvalue weighted by Gasteiger charge is -2.17. The zero-order valence-electron chi connectivity index (χ0n) is 10.9. The predicted molar refractivity (Wildman–Crippen MR) is 70.7 cm³/mol. The summed E-state index contributed by atoms with van der Waals surface area (Å²) in [4.78, 5) is 11.1. The number of hydrogen-bond acceptors (Lipinski definition) is 2. The Bertz CT molecular complexity index is 398. The highest BCUT2D eigenvalue weighted by molar-refractivity contribution is 5.78. The summed E-state index contributed by atoms with van der Waals surface area (Å²) in [6.45, 7) is 2.03. The molecule has 2 fully saturated rings. The van der Waals surface area contributed by atoms with Gasteiger partial charge in [-0.15, -0.1) is 11.8 Å². The van der Waals surface area contributed by atoms with E-state index in [4.69, 9.17) is 0 Å². The van der Waals surface area contributed by atoms with Gasteiger partial charge in [-0.05, 0) is 19.3 Å². The van der Waals surface area contributed by atoms with E-state index in [1.54, 1.807) is 0 Å². The van der Waals surface area contributed by atoms with Crippen molar-refractivity contribution in [2.45, 2.75) is 57.6 Å². The fraction of sp³-hybridized carbons (Fsp3) is 0.667.